The summed E-state index contributed by atoms with van der Waals surface area (Å²) in [5.74, 6) is 0. The lowest BCUT2D eigenvalue weighted by Gasteiger charge is -2.45. The topological polar surface area (TPSA) is 42.2 Å². The van der Waals surface area contributed by atoms with E-state index in [0.717, 1.165) is 4.60 Å². The average Bonchev–Trinajstić information content (AvgIpc) is 2.73. The number of halogens is 1. The Morgan fingerprint density at radius 2 is 1.47 bits per heavy atom. The fourth-order valence-corrected chi connectivity index (χ4v) is 11.2. The molecule has 5 heteroatoms. The molecule has 0 radical (unpaired) electrons. The molecule has 0 aliphatic carbocycles. The number of hydrogen-bond donors (Lipinski definition) is 1. The van der Waals surface area contributed by atoms with Crippen LogP contribution in [0.2, 0.25) is 5.04 Å². The van der Waals surface area contributed by atoms with E-state index in [1.165, 1.54) is 10.4 Å². The summed E-state index contributed by atoms with van der Waals surface area (Å²) < 4.78 is 2.72. The summed E-state index contributed by atoms with van der Waals surface area (Å²) in [5, 5.41) is 12.6. The summed E-state index contributed by atoms with van der Waals surface area (Å²) in [7, 11) is -2.84. The molecular formula is C25H30BrNO2Si. The highest BCUT2D eigenvalue weighted by atomic mass is 79.9. The number of pyridine rings is 1. The third kappa shape index (κ3) is 3.64. The molecule has 0 fully saturated rings. The minimum atomic E-state index is -2.84. The molecule has 0 aliphatic heterocycles. The van der Waals surface area contributed by atoms with Crippen LogP contribution in [-0.4, -0.2) is 17.6 Å². The van der Waals surface area contributed by atoms with Crippen LogP contribution >= 0.6 is 15.9 Å². The minimum absolute atomic E-state index is 0.0406. The maximum Gasteiger partial charge on any atom is 0.247 e. The van der Waals surface area contributed by atoms with Gasteiger partial charge in [0.05, 0.1) is 10.7 Å². The average molecular weight is 485 g/mol. The van der Waals surface area contributed by atoms with Crippen molar-refractivity contribution >= 4 is 34.5 Å². The smallest absolute Gasteiger partial charge is 0.247 e. The lowest BCUT2D eigenvalue weighted by atomic mass is 10.0. The summed E-state index contributed by atoms with van der Waals surface area (Å²) in [6.45, 7) is 10.4. The summed E-state index contributed by atoms with van der Waals surface area (Å²) in [6, 6.07) is 22.7. The molecule has 1 heterocycles. The molecule has 3 aromatic rings. The van der Waals surface area contributed by atoms with Gasteiger partial charge in [0, 0.05) is 5.56 Å². The van der Waals surface area contributed by atoms with Gasteiger partial charge in [0.1, 0.15) is 0 Å². The number of aromatic nitrogens is 1. The van der Waals surface area contributed by atoms with Gasteiger partial charge in [0.15, 0.2) is 0 Å². The van der Waals surface area contributed by atoms with Crippen LogP contribution in [0.4, 0.5) is 0 Å². The number of nitrogens with zero attached hydrogens (tertiary/aromatic N) is 1. The van der Waals surface area contributed by atoms with Gasteiger partial charge in [0.25, 0.3) is 0 Å². The molecule has 1 aromatic heterocycles. The van der Waals surface area contributed by atoms with E-state index >= 15 is 0 Å². The molecule has 0 saturated carbocycles. The van der Waals surface area contributed by atoms with Crippen molar-refractivity contribution in [1.29, 1.82) is 0 Å². The highest BCUT2D eigenvalue weighted by molar-refractivity contribution is 9.10. The molecule has 0 unspecified atom stereocenters. The number of aliphatic hydroxyl groups is 1. The molecule has 1 atom stereocenters. The van der Waals surface area contributed by atoms with Gasteiger partial charge in [-0.2, -0.15) is 0 Å². The molecule has 158 valence electrons. The van der Waals surface area contributed by atoms with E-state index in [4.69, 9.17) is 0 Å². The second kappa shape index (κ2) is 8.65. The van der Waals surface area contributed by atoms with Crippen molar-refractivity contribution in [3.8, 4) is 0 Å². The van der Waals surface area contributed by atoms with Gasteiger partial charge in [-0.15, -0.1) is 0 Å². The number of aliphatic hydroxyl groups excluding tert-OH is 1. The fraction of sp³-hybridized carbons (Fsp3) is 0.320. The molecule has 2 aromatic carbocycles. The van der Waals surface area contributed by atoms with E-state index in [0.29, 0.717) is 17.5 Å². The van der Waals surface area contributed by atoms with Crippen LogP contribution in [0.25, 0.3) is 0 Å². The first kappa shape index (κ1) is 22.7. The minimum Gasteiger partial charge on any atom is -0.388 e. The normalized spacial score (nSPS) is 13.3. The molecule has 3 nitrogen and oxygen atoms in total. The van der Waals surface area contributed by atoms with Gasteiger partial charge in [-0.1, -0.05) is 88.4 Å². The Morgan fingerprint density at radius 1 is 1.00 bits per heavy atom. The fourth-order valence-electron chi connectivity index (χ4n) is 4.55. The molecule has 0 amide bonds. The van der Waals surface area contributed by atoms with Gasteiger partial charge < -0.3 is 9.34 Å². The molecule has 0 saturated heterocycles. The van der Waals surface area contributed by atoms with Crippen LogP contribution in [0.15, 0.2) is 76.1 Å². The molecule has 0 aliphatic rings. The standard InChI is InChI=1S/C25H30BrNO2Si/c1-6-22(28)21-17-23(26)27(24(29)18(21)2)30(25(3,4)5,19-13-9-7-10-14-19)20-15-11-8-12-16-20/h7-17,22,28H,6H2,1-5H3/t22-/m0/s1. The van der Waals surface area contributed by atoms with E-state index in [1.54, 1.807) is 0 Å². The van der Waals surface area contributed by atoms with Crippen molar-refractivity contribution in [2.24, 2.45) is 0 Å². The maximum atomic E-state index is 13.9. The Balaban J connectivity index is 2.53. The Bertz CT molecular complexity index is 1030. The zero-order valence-electron chi connectivity index (χ0n) is 18.3. The molecular weight excluding hydrogens is 454 g/mol. The van der Waals surface area contributed by atoms with E-state index < -0.39 is 14.3 Å². The first-order valence-electron chi connectivity index (χ1n) is 10.4. The Morgan fingerprint density at radius 3 is 1.87 bits per heavy atom. The summed E-state index contributed by atoms with van der Waals surface area (Å²) in [4.78, 5) is 13.9. The highest BCUT2D eigenvalue weighted by Crippen LogP contribution is 2.38. The lowest BCUT2D eigenvalue weighted by molar-refractivity contribution is 0.172. The molecule has 0 spiro atoms. The zero-order valence-corrected chi connectivity index (χ0v) is 20.9. The van der Waals surface area contributed by atoms with Crippen molar-refractivity contribution < 1.29 is 5.11 Å². The quantitative estimate of drug-likeness (QED) is 0.419. The number of hydrogen-bond acceptors (Lipinski definition) is 2. The summed E-state index contributed by atoms with van der Waals surface area (Å²) in [5.41, 5.74) is 1.27. The molecule has 0 bridgehead atoms. The van der Waals surface area contributed by atoms with Gasteiger partial charge in [0.2, 0.25) is 13.8 Å². The van der Waals surface area contributed by atoms with Gasteiger partial charge in [-0.3, -0.25) is 4.79 Å². The van der Waals surface area contributed by atoms with E-state index in [9.17, 15) is 9.90 Å². The summed E-state index contributed by atoms with van der Waals surface area (Å²) >= 11 is 3.74. The van der Waals surface area contributed by atoms with Crippen LogP contribution in [0.5, 0.6) is 0 Å². The Labute approximate surface area is 188 Å². The maximum absolute atomic E-state index is 13.9. The summed E-state index contributed by atoms with van der Waals surface area (Å²) in [6.07, 6.45) is -0.0848. The zero-order chi connectivity index (χ0) is 22.1. The second-order valence-electron chi connectivity index (χ2n) is 8.80. The molecule has 30 heavy (non-hydrogen) atoms. The van der Waals surface area contributed by atoms with Crippen LogP contribution < -0.4 is 15.9 Å². The lowest BCUT2D eigenvalue weighted by Crippen LogP contribution is -2.72. The van der Waals surface area contributed by atoms with Crippen LogP contribution in [0.3, 0.4) is 0 Å². The molecule has 1 N–H and O–H groups in total. The first-order chi connectivity index (χ1) is 14.2. The SMILES string of the molecule is CC[C@H](O)c1cc(Br)n([Si](c2ccccc2)(c2ccccc2)C(C)(C)C)c(=O)c1C. The van der Waals surface area contributed by atoms with E-state index in [2.05, 4.69) is 61.0 Å². The first-order valence-corrected chi connectivity index (χ1v) is 13.1. The van der Waals surface area contributed by atoms with Gasteiger partial charge in [-0.25, -0.2) is 0 Å². The highest BCUT2D eigenvalue weighted by Gasteiger charge is 2.51. The third-order valence-electron chi connectivity index (χ3n) is 5.99. The van der Waals surface area contributed by atoms with Crippen molar-refractivity contribution in [2.75, 3.05) is 0 Å². The number of rotatable bonds is 5. The predicted molar refractivity (Wildman–Crippen MR) is 131 cm³/mol. The van der Waals surface area contributed by atoms with Gasteiger partial charge in [-0.05, 0) is 56.3 Å². The second-order valence-corrected chi connectivity index (χ2v) is 14.1. The monoisotopic (exact) mass is 483 g/mol. The van der Waals surface area contributed by atoms with Crippen molar-refractivity contribution in [2.45, 2.75) is 52.2 Å². The van der Waals surface area contributed by atoms with Crippen molar-refractivity contribution in [3.05, 3.63) is 92.8 Å². The van der Waals surface area contributed by atoms with Gasteiger partial charge >= 0.3 is 0 Å². The van der Waals surface area contributed by atoms with Crippen LogP contribution in [0.1, 0.15) is 51.3 Å². The predicted octanol–water partition coefficient (Wildman–Crippen LogP) is 4.77. The molecule has 3 rings (SSSR count). The van der Waals surface area contributed by atoms with Crippen LogP contribution in [0, 0.1) is 6.92 Å². The van der Waals surface area contributed by atoms with E-state index in [1.807, 2.05) is 60.5 Å². The third-order valence-corrected chi connectivity index (χ3v) is 12.5. The van der Waals surface area contributed by atoms with Crippen molar-refractivity contribution in [1.82, 2.24) is 4.23 Å². The number of benzene rings is 2. The van der Waals surface area contributed by atoms with E-state index in [-0.39, 0.29) is 10.6 Å². The van der Waals surface area contributed by atoms with Crippen LogP contribution in [-0.2, 0) is 0 Å². The Hall–Kier alpha value is -1.95. The largest absolute Gasteiger partial charge is 0.388 e. The Kier molecular flexibility index (Phi) is 6.56. The van der Waals surface area contributed by atoms with Crippen molar-refractivity contribution in [3.63, 3.8) is 0 Å².